The van der Waals surface area contributed by atoms with E-state index in [-0.39, 0.29) is 0 Å². The highest BCUT2D eigenvalue weighted by Crippen LogP contribution is 2.23. The van der Waals surface area contributed by atoms with Crippen LogP contribution in [0.25, 0.3) is 0 Å². The van der Waals surface area contributed by atoms with Crippen molar-refractivity contribution in [2.24, 2.45) is 10.9 Å². The van der Waals surface area contributed by atoms with Gasteiger partial charge in [-0.05, 0) is 41.8 Å². The molecule has 0 saturated carbocycles. The minimum atomic E-state index is 0.458. The Labute approximate surface area is 88.3 Å². The van der Waals surface area contributed by atoms with Gasteiger partial charge in [0.1, 0.15) is 5.69 Å². The van der Waals surface area contributed by atoms with E-state index >= 15 is 0 Å². The Morgan fingerprint density at radius 3 is 2.57 bits per heavy atom. The standard InChI is InChI=1S/C10H12N2OS/c1-6-4-9(12-13)7(2)3-8(6)5-10(11)14/h3-4H,5H2,1-2H3,(H2,11,14). The number of hydrogen-bond acceptors (Lipinski definition) is 3. The topological polar surface area (TPSA) is 55.5 Å². The molecule has 0 radical (unpaired) electrons. The molecule has 0 spiro atoms. The number of aryl methyl sites for hydroxylation is 2. The third kappa shape index (κ3) is 2.35. The van der Waals surface area contributed by atoms with Gasteiger partial charge in [-0.25, -0.2) is 0 Å². The van der Waals surface area contributed by atoms with Crippen LogP contribution in [0.3, 0.4) is 0 Å². The number of nitrogens with zero attached hydrogens (tertiary/aromatic N) is 1. The summed E-state index contributed by atoms with van der Waals surface area (Å²) >= 11 is 4.83. The summed E-state index contributed by atoms with van der Waals surface area (Å²) in [6, 6.07) is 3.67. The molecule has 0 heterocycles. The number of thiocarbonyl (C=S) groups is 1. The maximum Gasteiger partial charge on any atom is 0.111 e. The lowest BCUT2D eigenvalue weighted by Gasteiger charge is -2.07. The van der Waals surface area contributed by atoms with Gasteiger partial charge in [-0.2, -0.15) is 0 Å². The van der Waals surface area contributed by atoms with Crippen LogP contribution in [-0.4, -0.2) is 4.99 Å². The predicted octanol–water partition coefficient (Wildman–Crippen LogP) is 2.53. The summed E-state index contributed by atoms with van der Waals surface area (Å²) in [6.07, 6.45) is 0.571. The fourth-order valence-corrected chi connectivity index (χ4v) is 1.49. The predicted molar refractivity (Wildman–Crippen MR) is 61.9 cm³/mol. The maximum absolute atomic E-state index is 10.4. The highest BCUT2D eigenvalue weighted by molar-refractivity contribution is 7.80. The lowest BCUT2D eigenvalue weighted by molar-refractivity contribution is 1.22. The van der Waals surface area contributed by atoms with Crippen molar-refractivity contribution in [3.63, 3.8) is 0 Å². The number of nitrogens with two attached hydrogens (primary N) is 1. The van der Waals surface area contributed by atoms with E-state index in [4.69, 9.17) is 18.0 Å². The van der Waals surface area contributed by atoms with E-state index in [0.29, 0.717) is 17.1 Å². The molecule has 0 bridgehead atoms. The highest BCUT2D eigenvalue weighted by Gasteiger charge is 2.05. The number of rotatable bonds is 3. The molecule has 0 aromatic heterocycles. The smallest absolute Gasteiger partial charge is 0.111 e. The zero-order valence-corrected chi connectivity index (χ0v) is 9.02. The summed E-state index contributed by atoms with van der Waals surface area (Å²) in [5.41, 5.74) is 8.86. The second-order valence-electron chi connectivity index (χ2n) is 3.30. The molecule has 1 rings (SSSR count). The van der Waals surface area contributed by atoms with Gasteiger partial charge >= 0.3 is 0 Å². The van der Waals surface area contributed by atoms with Crippen LogP contribution in [0.1, 0.15) is 16.7 Å². The minimum Gasteiger partial charge on any atom is -0.393 e. The summed E-state index contributed by atoms with van der Waals surface area (Å²) in [5.74, 6) is 0. The van der Waals surface area contributed by atoms with Crippen molar-refractivity contribution in [1.82, 2.24) is 0 Å². The number of nitroso groups, excluding NO2 is 1. The van der Waals surface area contributed by atoms with Crippen LogP contribution in [0.2, 0.25) is 0 Å². The lowest BCUT2D eigenvalue weighted by atomic mass is 10.0. The molecule has 1 aromatic carbocycles. The monoisotopic (exact) mass is 208 g/mol. The van der Waals surface area contributed by atoms with E-state index in [0.717, 1.165) is 16.7 Å². The van der Waals surface area contributed by atoms with Crippen molar-refractivity contribution >= 4 is 22.9 Å². The highest BCUT2D eigenvalue weighted by atomic mass is 32.1. The Morgan fingerprint density at radius 1 is 1.43 bits per heavy atom. The van der Waals surface area contributed by atoms with Crippen molar-refractivity contribution in [3.05, 3.63) is 33.7 Å². The second-order valence-corrected chi connectivity index (χ2v) is 3.82. The third-order valence-electron chi connectivity index (χ3n) is 2.12. The van der Waals surface area contributed by atoms with E-state index in [1.54, 1.807) is 6.07 Å². The molecular formula is C10H12N2OS. The molecule has 0 fully saturated rings. The molecule has 3 nitrogen and oxygen atoms in total. The minimum absolute atomic E-state index is 0.458. The molecule has 14 heavy (non-hydrogen) atoms. The normalized spacial score (nSPS) is 9.86. The molecule has 2 N–H and O–H groups in total. The first kappa shape index (κ1) is 10.8. The molecule has 0 amide bonds. The van der Waals surface area contributed by atoms with Crippen molar-refractivity contribution in [2.45, 2.75) is 20.3 Å². The summed E-state index contributed by atoms with van der Waals surface area (Å²) < 4.78 is 0. The van der Waals surface area contributed by atoms with Crippen LogP contribution in [0.4, 0.5) is 5.69 Å². The average molecular weight is 208 g/mol. The molecule has 0 unspecified atom stereocenters. The Balaban J connectivity index is 3.14. The van der Waals surface area contributed by atoms with Crippen LogP contribution < -0.4 is 5.73 Å². The zero-order valence-electron chi connectivity index (χ0n) is 8.20. The molecule has 0 atom stereocenters. The van der Waals surface area contributed by atoms with Gasteiger partial charge in [0.2, 0.25) is 0 Å². The maximum atomic E-state index is 10.4. The molecular weight excluding hydrogens is 196 g/mol. The zero-order chi connectivity index (χ0) is 10.7. The van der Waals surface area contributed by atoms with Crippen LogP contribution in [0.15, 0.2) is 17.3 Å². The quantitative estimate of drug-likeness (QED) is 0.613. The summed E-state index contributed by atoms with van der Waals surface area (Å²) in [5, 5.41) is 2.94. The van der Waals surface area contributed by atoms with Gasteiger partial charge < -0.3 is 5.73 Å². The third-order valence-corrected chi connectivity index (χ3v) is 2.26. The van der Waals surface area contributed by atoms with Crippen molar-refractivity contribution in [2.75, 3.05) is 0 Å². The lowest BCUT2D eigenvalue weighted by Crippen LogP contribution is -2.12. The largest absolute Gasteiger partial charge is 0.393 e. The molecule has 74 valence electrons. The number of hydrogen-bond donors (Lipinski definition) is 1. The second kappa shape index (κ2) is 4.28. The fourth-order valence-electron chi connectivity index (χ4n) is 1.34. The van der Waals surface area contributed by atoms with Gasteiger partial charge in [-0.15, -0.1) is 4.91 Å². The Bertz CT molecular complexity index is 388. The van der Waals surface area contributed by atoms with Gasteiger partial charge in [0, 0.05) is 6.42 Å². The van der Waals surface area contributed by atoms with Crippen molar-refractivity contribution in [1.29, 1.82) is 0 Å². The van der Waals surface area contributed by atoms with Gasteiger partial charge in [0.25, 0.3) is 0 Å². The van der Waals surface area contributed by atoms with E-state index < -0.39 is 0 Å². The van der Waals surface area contributed by atoms with Gasteiger partial charge in [0.05, 0.1) is 4.99 Å². The van der Waals surface area contributed by atoms with Crippen LogP contribution >= 0.6 is 12.2 Å². The first-order valence-corrected chi connectivity index (χ1v) is 4.67. The molecule has 0 aliphatic carbocycles. The van der Waals surface area contributed by atoms with E-state index in [9.17, 15) is 4.91 Å². The van der Waals surface area contributed by atoms with E-state index in [1.807, 2.05) is 19.9 Å². The van der Waals surface area contributed by atoms with Crippen molar-refractivity contribution < 1.29 is 0 Å². The van der Waals surface area contributed by atoms with E-state index in [2.05, 4.69) is 5.18 Å². The van der Waals surface area contributed by atoms with Crippen LogP contribution in [0, 0.1) is 18.8 Å². The summed E-state index contributed by atoms with van der Waals surface area (Å²) in [4.78, 5) is 10.9. The number of benzene rings is 1. The molecule has 0 saturated heterocycles. The fraction of sp³-hybridized carbons (Fsp3) is 0.300. The summed E-state index contributed by atoms with van der Waals surface area (Å²) in [7, 11) is 0. The van der Waals surface area contributed by atoms with Gasteiger partial charge in [-0.3, -0.25) is 0 Å². The van der Waals surface area contributed by atoms with Crippen molar-refractivity contribution in [3.8, 4) is 0 Å². The Hall–Kier alpha value is -1.29. The molecule has 0 aliphatic heterocycles. The molecule has 0 aliphatic rings. The van der Waals surface area contributed by atoms with Crippen LogP contribution in [0.5, 0.6) is 0 Å². The Kier molecular flexibility index (Phi) is 3.30. The van der Waals surface area contributed by atoms with Gasteiger partial charge in [-0.1, -0.05) is 18.3 Å². The first-order chi connectivity index (χ1) is 6.54. The molecule has 4 heteroatoms. The van der Waals surface area contributed by atoms with Gasteiger partial charge in [0.15, 0.2) is 0 Å². The summed E-state index contributed by atoms with van der Waals surface area (Å²) in [6.45, 7) is 3.76. The first-order valence-electron chi connectivity index (χ1n) is 4.26. The average Bonchev–Trinajstić information content (AvgIpc) is 2.10. The van der Waals surface area contributed by atoms with Crippen LogP contribution in [-0.2, 0) is 6.42 Å². The SMILES string of the molecule is Cc1cc(N=O)c(C)cc1CC(N)=S. The Morgan fingerprint density at radius 2 is 2.07 bits per heavy atom. The van der Waals surface area contributed by atoms with E-state index in [1.165, 1.54) is 0 Å². The molecule has 1 aromatic rings.